The molecular weight excluding hydrogens is 317 g/mol. The van der Waals surface area contributed by atoms with Crippen molar-refractivity contribution in [3.63, 3.8) is 0 Å². The molecule has 0 aliphatic rings. The maximum Gasteiger partial charge on any atom is 0.345 e. The molecule has 0 bridgehead atoms. The van der Waals surface area contributed by atoms with Gasteiger partial charge in [0.25, 0.3) is 0 Å². The molecule has 0 aliphatic heterocycles. The first-order chi connectivity index (χ1) is 9.99. The predicted octanol–water partition coefficient (Wildman–Crippen LogP) is 1.96. The first-order valence-electron chi connectivity index (χ1n) is 5.67. The number of carbonyl (C=O) groups excluding carboxylic acids is 2. The van der Waals surface area contributed by atoms with Gasteiger partial charge in [-0.15, -0.1) is 0 Å². The summed E-state index contributed by atoms with van der Waals surface area (Å²) in [5.41, 5.74) is 4.86. The summed E-state index contributed by atoms with van der Waals surface area (Å²) in [5, 5.41) is 0.765. The first-order valence-corrected chi connectivity index (χ1v) is 6.42. The molecule has 0 radical (unpaired) electrons. The van der Waals surface area contributed by atoms with Gasteiger partial charge in [0, 0.05) is 11.1 Å². The van der Waals surface area contributed by atoms with Gasteiger partial charge in [-0.25, -0.2) is 4.79 Å². The average Bonchev–Trinajstić information content (AvgIpc) is 2.41. The Balaban J connectivity index is 2.33. The fourth-order valence-electron chi connectivity index (χ4n) is 1.11. The highest BCUT2D eigenvalue weighted by Gasteiger charge is 2.06. The third-order valence-corrected chi connectivity index (χ3v) is 2.51. The van der Waals surface area contributed by atoms with E-state index in [9.17, 15) is 9.59 Å². The van der Waals surface area contributed by atoms with Crippen molar-refractivity contribution in [1.29, 1.82) is 0 Å². The van der Waals surface area contributed by atoms with Crippen molar-refractivity contribution < 1.29 is 19.1 Å². The van der Waals surface area contributed by atoms with Crippen LogP contribution in [0.4, 0.5) is 0 Å². The van der Waals surface area contributed by atoms with Gasteiger partial charge in [-0.05, 0) is 24.3 Å². The fourth-order valence-corrected chi connectivity index (χ4v) is 1.57. The molecule has 0 saturated heterocycles. The highest BCUT2D eigenvalue weighted by molar-refractivity contribution is 6.35. The maximum atomic E-state index is 11.4. The van der Waals surface area contributed by atoms with E-state index in [-0.39, 0.29) is 13.2 Å². The van der Waals surface area contributed by atoms with Crippen LogP contribution in [0, 0.1) is 11.8 Å². The Hall–Kier alpha value is -2.16. The molecule has 0 heterocycles. The molecule has 21 heavy (non-hydrogen) atoms. The number of carbonyl (C=O) groups is 2. The number of primary amides is 1. The van der Waals surface area contributed by atoms with Crippen LogP contribution in [0.2, 0.25) is 10.0 Å². The van der Waals surface area contributed by atoms with Crippen LogP contribution in [0.25, 0.3) is 0 Å². The molecule has 0 aliphatic carbocycles. The Morgan fingerprint density at radius 2 is 2.10 bits per heavy atom. The number of rotatable bonds is 5. The number of amides is 1. The summed E-state index contributed by atoms with van der Waals surface area (Å²) in [6, 6.07) is 4.64. The highest BCUT2D eigenvalue weighted by atomic mass is 35.5. The van der Waals surface area contributed by atoms with E-state index < -0.39 is 11.9 Å². The third kappa shape index (κ3) is 7.25. The highest BCUT2D eigenvalue weighted by Crippen LogP contribution is 2.27. The van der Waals surface area contributed by atoms with E-state index in [4.69, 9.17) is 38.4 Å². The molecule has 2 N–H and O–H groups in total. The lowest BCUT2D eigenvalue weighted by Gasteiger charge is -2.07. The maximum absolute atomic E-state index is 11.4. The van der Waals surface area contributed by atoms with Crippen molar-refractivity contribution in [2.45, 2.75) is 0 Å². The van der Waals surface area contributed by atoms with Gasteiger partial charge in [0.2, 0.25) is 5.91 Å². The third-order valence-electron chi connectivity index (χ3n) is 1.98. The Labute approximate surface area is 131 Å². The predicted molar refractivity (Wildman–Crippen MR) is 79.0 cm³/mol. The van der Waals surface area contributed by atoms with Gasteiger partial charge in [0.05, 0.1) is 5.02 Å². The number of allylic oxidation sites excluding steroid dienone is 1. The number of hydrogen-bond acceptors (Lipinski definition) is 4. The summed E-state index contributed by atoms with van der Waals surface area (Å²) in [6.45, 7) is -0.431. The second kappa shape index (κ2) is 8.90. The second-order valence-corrected chi connectivity index (χ2v) is 4.42. The average molecular weight is 328 g/mol. The summed E-state index contributed by atoms with van der Waals surface area (Å²) in [4.78, 5) is 21.7. The van der Waals surface area contributed by atoms with E-state index in [1.807, 2.05) is 0 Å². The van der Waals surface area contributed by atoms with Gasteiger partial charge in [-0.2, -0.15) is 0 Å². The van der Waals surface area contributed by atoms with Gasteiger partial charge in [-0.1, -0.05) is 35.0 Å². The van der Waals surface area contributed by atoms with E-state index in [1.54, 1.807) is 12.1 Å². The van der Waals surface area contributed by atoms with Crippen molar-refractivity contribution in [2.24, 2.45) is 5.73 Å². The quantitative estimate of drug-likeness (QED) is 0.509. The minimum Gasteiger partial charge on any atom is -0.480 e. The molecule has 1 aromatic rings. The molecule has 0 atom stereocenters. The van der Waals surface area contributed by atoms with Gasteiger partial charge in [0.1, 0.15) is 5.75 Å². The van der Waals surface area contributed by atoms with Crippen LogP contribution in [0.15, 0.2) is 30.4 Å². The number of esters is 1. The van der Waals surface area contributed by atoms with Crippen LogP contribution in [0.5, 0.6) is 5.75 Å². The monoisotopic (exact) mass is 327 g/mol. The largest absolute Gasteiger partial charge is 0.480 e. The topological polar surface area (TPSA) is 78.6 Å². The van der Waals surface area contributed by atoms with Crippen LogP contribution in [-0.2, 0) is 14.3 Å². The Kier molecular flexibility index (Phi) is 7.16. The summed E-state index contributed by atoms with van der Waals surface area (Å²) < 4.78 is 9.95. The lowest BCUT2D eigenvalue weighted by atomic mass is 10.3. The zero-order valence-electron chi connectivity index (χ0n) is 10.8. The van der Waals surface area contributed by atoms with E-state index in [1.165, 1.54) is 12.1 Å². The molecule has 0 fully saturated rings. The molecule has 1 rings (SSSR count). The van der Waals surface area contributed by atoms with Gasteiger partial charge < -0.3 is 15.2 Å². The lowest BCUT2D eigenvalue weighted by Crippen LogP contribution is -2.15. The van der Waals surface area contributed by atoms with E-state index in [0.717, 1.165) is 6.08 Å². The number of nitrogens with two attached hydrogens (primary N) is 1. The van der Waals surface area contributed by atoms with E-state index in [2.05, 4.69) is 11.8 Å². The Morgan fingerprint density at radius 3 is 2.76 bits per heavy atom. The Bertz CT molecular complexity index is 617. The van der Waals surface area contributed by atoms with Crippen molar-refractivity contribution in [1.82, 2.24) is 0 Å². The SMILES string of the molecule is NC(=O)/C=C/C#CCOC(=O)COc1ccc(Cl)cc1Cl. The molecule has 7 heteroatoms. The van der Waals surface area contributed by atoms with Gasteiger partial charge in [0.15, 0.2) is 13.2 Å². The zero-order valence-corrected chi connectivity index (χ0v) is 12.3. The minimum absolute atomic E-state index is 0.125. The lowest BCUT2D eigenvalue weighted by molar-refractivity contribution is -0.144. The summed E-state index contributed by atoms with van der Waals surface area (Å²) in [7, 11) is 0. The van der Waals surface area contributed by atoms with E-state index in [0.29, 0.717) is 15.8 Å². The standard InChI is InChI=1S/C14H11Cl2NO4/c15-10-5-6-12(11(16)8-10)21-9-14(19)20-7-3-1-2-4-13(17)18/h2,4-6,8H,7,9H2,(H2,17,18)/b4-2+. The van der Waals surface area contributed by atoms with Crippen LogP contribution < -0.4 is 10.5 Å². The van der Waals surface area contributed by atoms with Crippen molar-refractivity contribution in [3.8, 4) is 17.6 Å². The van der Waals surface area contributed by atoms with Crippen LogP contribution in [0.3, 0.4) is 0 Å². The van der Waals surface area contributed by atoms with Gasteiger partial charge in [-0.3, -0.25) is 4.79 Å². The van der Waals surface area contributed by atoms with Crippen LogP contribution >= 0.6 is 23.2 Å². The fraction of sp³-hybridized carbons (Fsp3) is 0.143. The van der Waals surface area contributed by atoms with Crippen molar-refractivity contribution in [3.05, 3.63) is 40.4 Å². The van der Waals surface area contributed by atoms with Gasteiger partial charge >= 0.3 is 5.97 Å². The molecule has 110 valence electrons. The summed E-state index contributed by atoms with van der Waals surface area (Å²) >= 11 is 11.6. The molecule has 0 spiro atoms. The van der Waals surface area contributed by atoms with Crippen LogP contribution in [0.1, 0.15) is 0 Å². The minimum atomic E-state index is -0.603. The molecular formula is C14H11Cl2NO4. The number of hydrogen-bond donors (Lipinski definition) is 1. The molecule has 0 saturated carbocycles. The molecule has 1 aromatic carbocycles. The smallest absolute Gasteiger partial charge is 0.345 e. The second-order valence-electron chi connectivity index (χ2n) is 3.58. The number of ether oxygens (including phenoxy) is 2. The zero-order chi connectivity index (χ0) is 15.7. The molecule has 1 amide bonds. The number of benzene rings is 1. The summed E-state index contributed by atoms with van der Waals surface area (Å²) in [6.07, 6.45) is 2.36. The Morgan fingerprint density at radius 1 is 1.33 bits per heavy atom. The number of halogens is 2. The summed E-state index contributed by atoms with van der Waals surface area (Å²) in [5.74, 6) is 4.10. The molecule has 5 nitrogen and oxygen atoms in total. The normalized spacial score (nSPS) is 9.81. The molecule has 0 unspecified atom stereocenters. The van der Waals surface area contributed by atoms with E-state index >= 15 is 0 Å². The van der Waals surface area contributed by atoms with Crippen LogP contribution in [-0.4, -0.2) is 25.1 Å². The molecule has 0 aromatic heterocycles. The first kappa shape index (κ1) is 16.9. The van der Waals surface area contributed by atoms with Crippen molar-refractivity contribution in [2.75, 3.05) is 13.2 Å². The van der Waals surface area contributed by atoms with Crippen molar-refractivity contribution >= 4 is 35.1 Å².